The second-order valence-corrected chi connectivity index (χ2v) is 19.0. The predicted molar refractivity (Wildman–Crippen MR) is 216 cm³/mol. The smallest absolute Gasteiger partial charge is 0.264 e. The van der Waals surface area contributed by atoms with Crippen LogP contribution in [0.3, 0.4) is 0 Å². The van der Waals surface area contributed by atoms with Gasteiger partial charge in [-0.3, -0.25) is 19.1 Å². The number of aryl methyl sites for hydroxylation is 1. The average molecular weight is 775 g/mol. The molecule has 7 rings (SSSR count). The van der Waals surface area contributed by atoms with Crippen LogP contribution in [0.4, 0.5) is 28.4 Å². The standard InChI is InChI=1S/C41H46N8O6Si/c1-25-37(56(2,3)54)36(18-20-48-24-33(19-21-50)46-47-48)55-41(25)34-22-32(45-39(52)28-8-12-30(43)13-9-28)16-17-35(34)49(40(41)53)23-26-4-14-31(15-5-26)44-38(51)27-6-10-29(42)11-7-27/h4-17,22,24-25,36-37,50,54H,18-21,23,42-43H2,1-3H3,(H,44,51)(H,45,52)/t25-,36+,37-,41+/m1/s1. The number of nitrogens with two attached hydrogens (primary N) is 2. The lowest BCUT2D eigenvalue weighted by Crippen LogP contribution is -2.46. The van der Waals surface area contributed by atoms with E-state index in [2.05, 4.69) is 20.9 Å². The number of aliphatic hydroxyl groups is 1. The lowest BCUT2D eigenvalue weighted by atomic mass is 9.82. The van der Waals surface area contributed by atoms with Crippen LogP contribution in [0.15, 0.2) is 97.2 Å². The highest BCUT2D eigenvalue weighted by Gasteiger charge is 2.66. The van der Waals surface area contributed by atoms with Crippen molar-refractivity contribution in [2.45, 2.75) is 63.2 Å². The summed E-state index contributed by atoms with van der Waals surface area (Å²) in [7, 11) is -2.97. The van der Waals surface area contributed by atoms with Crippen molar-refractivity contribution in [1.29, 1.82) is 0 Å². The van der Waals surface area contributed by atoms with Crippen LogP contribution in [0, 0.1) is 5.92 Å². The van der Waals surface area contributed by atoms with Gasteiger partial charge in [0.25, 0.3) is 17.7 Å². The number of benzene rings is 4. The van der Waals surface area contributed by atoms with Crippen LogP contribution in [0.5, 0.6) is 0 Å². The lowest BCUT2D eigenvalue weighted by Gasteiger charge is -2.32. The molecule has 1 spiro atoms. The SMILES string of the molecule is C[C@@H]1[C@@H]([Si](C)(C)O)[C@H](CCn2cc(CCO)nn2)O[C@@]12C(=O)N(Cc1ccc(NC(=O)c3ccc(N)cc3)cc1)c1ccc(NC(=O)c3ccc(N)cc3)cc12. The molecule has 1 fully saturated rings. The van der Waals surface area contributed by atoms with Crippen molar-refractivity contribution in [2.75, 3.05) is 33.6 Å². The second-order valence-electron chi connectivity index (χ2n) is 15.1. The third-order valence-corrected chi connectivity index (χ3v) is 13.2. The number of rotatable bonds is 12. The molecule has 0 aliphatic carbocycles. The van der Waals surface area contributed by atoms with Gasteiger partial charge in [-0.25, -0.2) is 0 Å². The molecule has 56 heavy (non-hydrogen) atoms. The number of anilines is 5. The van der Waals surface area contributed by atoms with Crippen LogP contribution in [-0.2, 0) is 34.6 Å². The monoisotopic (exact) mass is 774 g/mol. The quantitative estimate of drug-likeness (QED) is 0.0745. The molecular formula is C41H46N8O6Si. The van der Waals surface area contributed by atoms with E-state index in [4.69, 9.17) is 16.2 Å². The molecule has 290 valence electrons. The van der Waals surface area contributed by atoms with E-state index in [0.29, 0.717) is 70.2 Å². The number of ether oxygens (including phenoxy) is 1. The van der Waals surface area contributed by atoms with Gasteiger partial charge in [0.2, 0.25) is 0 Å². The summed E-state index contributed by atoms with van der Waals surface area (Å²) in [6.45, 7) is 6.29. The van der Waals surface area contributed by atoms with Crippen molar-refractivity contribution >= 4 is 54.5 Å². The molecule has 1 saturated heterocycles. The molecule has 0 bridgehead atoms. The number of fused-ring (bicyclic) bond motifs is 2. The summed E-state index contributed by atoms with van der Waals surface area (Å²) in [5.41, 5.74) is 15.6. The van der Waals surface area contributed by atoms with Gasteiger partial charge in [0.15, 0.2) is 13.9 Å². The maximum Gasteiger partial charge on any atom is 0.264 e. The molecule has 0 saturated carbocycles. The van der Waals surface area contributed by atoms with Crippen molar-refractivity contribution in [3.8, 4) is 0 Å². The van der Waals surface area contributed by atoms with E-state index < -0.39 is 25.9 Å². The number of amides is 3. The molecule has 2 aliphatic heterocycles. The molecule has 15 heteroatoms. The Bertz CT molecular complexity index is 2240. The zero-order valence-corrected chi connectivity index (χ0v) is 32.5. The molecule has 5 aromatic rings. The minimum Gasteiger partial charge on any atom is -0.432 e. The first-order chi connectivity index (χ1) is 26.8. The van der Waals surface area contributed by atoms with E-state index >= 15 is 4.79 Å². The normalized spacial score (nSPS) is 20.3. The van der Waals surface area contributed by atoms with Gasteiger partial charge >= 0.3 is 0 Å². The number of hydrogen-bond donors (Lipinski definition) is 6. The molecular weight excluding hydrogens is 729 g/mol. The van der Waals surface area contributed by atoms with E-state index in [1.807, 2.05) is 38.2 Å². The van der Waals surface area contributed by atoms with Crippen LogP contribution < -0.4 is 27.0 Å². The highest BCUT2D eigenvalue weighted by molar-refractivity contribution is 6.71. The van der Waals surface area contributed by atoms with Gasteiger partial charge < -0.3 is 41.6 Å². The van der Waals surface area contributed by atoms with Gasteiger partial charge in [-0.15, -0.1) is 5.10 Å². The molecule has 3 heterocycles. The molecule has 0 unspecified atom stereocenters. The molecule has 0 radical (unpaired) electrons. The van der Waals surface area contributed by atoms with Crippen LogP contribution in [0.1, 0.15) is 50.9 Å². The average Bonchev–Trinajstić information content (AvgIpc) is 3.81. The number of nitrogens with zero attached hydrogens (tertiary/aromatic N) is 4. The van der Waals surface area contributed by atoms with Crippen LogP contribution in [0.2, 0.25) is 18.6 Å². The Morgan fingerprint density at radius 2 is 1.48 bits per heavy atom. The molecule has 2 aliphatic rings. The number of carbonyl (C=O) groups is 3. The van der Waals surface area contributed by atoms with Crippen molar-refractivity contribution in [3.05, 3.63) is 125 Å². The maximum absolute atomic E-state index is 15.1. The number of hydrogen-bond acceptors (Lipinski definition) is 10. The first-order valence-electron chi connectivity index (χ1n) is 18.6. The van der Waals surface area contributed by atoms with Gasteiger partial charge in [-0.05, 0) is 104 Å². The summed E-state index contributed by atoms with van der Waals surface area (Å²) in [6, 6.07) is 25.9. The summed E-state index contributed by atoms with van der Waals surface area (Å²) in [6.07, 6.45) is 2.12. The fourth-order valence-electron chi connectivity index (χ4n) is 8.07. The largest absolute Gasteiger partial charge is 0.432 e. The Labute approximate surface area is 325 Å². The maximum atomic E-state index is 15.1. The van der Waals surface area contributed by atoms with E-state index in [1.54, 1.807) is 88.6 Å². The molecule has 8 N–H and O–H groups in total. The van der Waals surface area contributed by atoms with Crippen LogP contribution in [-0.4, -0.2) is 63.6 Å². The number of nitrogens with one attached hydrogen (secondary N) is 2. The van der Waals surface area contributed by atoms with E-state index in [-0.39, 0.29) is 36.4 Å². The fourth-order valence-corrected chi connectivity index (χ4v) is 10.7. The van der Waals surface area contributed by atoms with Gasteiger partial charge in [0.05, 0.1) is 24.0 Å². The Morgan fingerprint density at radius 3 is 2.07 bits per heavy atom. The first kappa shape index (κ1) is 38.4. The predicted octanol–water partition coefficient (Wildman–Crippen LogP) is 4.92. The van der Waals surface area contributed by atoms with Gasteiger partial charge in [0, 0.05) is 76.7 Å². The van der Waals surface area contributed by atoms with Crippen molar-refractivity contribution < 1.29 is 29.0 Å². The Hall–Kier alpha value is -5.87. The Morgan fingerprint density at radius 1 is 0.893 bits per heavy atom. The van der Waals surface area contributed by atoms with Gasteiger partial charge in [0.1, 0.15) is 0 Å². The van der Waals surface area contributed by atoms with E-state index in [1.165, 1.54) is 0 Å². The third kappa shape index (κ3) is 7.53. The lowest BCUT2D eigenvalue weighted by molar-refractivity contribution is -0.146. The Kier molecular flexibility index (Phi) is 10.5. The minimum atomic E-state index is -2.97. The van der Waals surface area contributed by atoms with Crippen LogP contribution in [0.25, 0.3) is 0 Å². The van der Waals surface area contributed by atoms with Gasteiger partial charge in [-0.1, -0.05) is 24.3 Å². The molecule has 14 nitrogen and oxygen atoms in total. The minimum absolute atomic E-state index is 0.0392. The number of carbonyl (C=O) groups excluding carboxylic acids is 3. The first-order valence-corrected chi connectivity index (χ1v) is 21.6. The number of aliphatic hydroxyl groups excluding tert-OH is 1. The van der Waals surface area contributed by atoms with Crippen molar-refractivity contribution in [1.82, 2.24) is 15.0 Å². The van der Waals surface area contributed by atoms with Gasteiger partial charge in [-0.2, -0.15) is 0 Å². The van der Waals surface area contributed by atoms with E-state index in [0.717, 1.165) is 5.56 Å². The number of nitrogen functional groups attached to an aromatic ring is 2. The fraction of sp³-hybridized carbons (Fsp3) is 0.293. The zero-order chi connectivity index (χ0) is 39.8. The summed E-state index contributed by atoms with van der Waals surface area (Å²) in [5, 5.41) is 23.6. The molecule has 3 amide bonds. The molecule has 4 atom stereocenters. The van der Waals surface area contributed by atoms with E-state index in [9.17, 15) is 19.5 Å². The van der Waals surface area contributed by atoms with Crippen LogP contribution >= 0.6 is 0 Å². The molecule has 4 aromatic carbocycles. The Balaban J connectivity index is 1.20. The number of aromatic nitrogens is 3. The van der Waals surface area contributed by atoms with Crippen molar-refractivity contribution in [3.63, 3.8) is 0 Å². The zero-order valence-electron chi connectivity index (χ0n) is 31.5. The highest BCUT2D eigenvalue weighted by atomic mass is 28.4. The molecule has 1 aromatic heterocycles. The summed E-state index contributed by atoms with van der Waals surface area (Å²) in [4.78, 5) is 54.7. The second kappa shape index (κ2) is 15.3. The highest BCUT2D eigenvalue weighted by Crippen LogP contribution is 2.60. The summed E-state index contributed by atoms with van der Waals surface area (Å²) >= 11 is 0. The topological polar surface area (TPSA) is 211 Å². The summed E-state index contributed by atoms with van der Waals surface area (Å²) < 4.78 is 8.71. The summed E-state index contributed by atoms with van der Waals surface area (Å²) in [5.74, 6) is -1.31. The van der Waals surface area contributed by atoms with Crippen molar-refractivity contribution in [2.24, 2.45) is 5.92 Å². The third-order valence-electron chi connectivity index (χ3n) is 10.7.